The third kappa shape index (κ3) is 3.50. The van der Waals surface area contributed by atoms with Crippen LogP contribution in [-0.4, -0.2) is 45.0 Å². The van der Waals surface area contributed by atoms with Crippen LogP contribution in [-0.2, 0) is 9.59 Å². The number of rotatable bonds is 4. The average Bonchev–Trinajstić information content (AvgIpc) is 2.96. The zero-order valence-electron chi connectivity index (χ0n) is 13.0. The molecule has 0 bridgehead atoms. The molecule has 0 radical (unpaired) electrons. The summed E-state index contributed by atoms with van der Waals surface area (Å²) in [5.74, 6) is -0.516. The predicted octanol–water partition coefficient (Wildman–Crippen LogP) is 1.77. The molecule has 1 saturated heterocycles. The van der Waals surface area contributed by atoms with Gasteiger partial charge in [0, 0.05) is 13.1 Å². The van der Waals surface area contributed by atoms with E-state index in [9.17, 15) is 9.59 Å². The van der Waals surface area contributed by atoms with Crippen molar-refractivity contribution < 1.29 is 9.59 Å². The number of aromatic nitrogens is 2. The van der Waals surface area contributed by atoms with Crippen molar-refractivity contribution in [3.05, 3.63) is 24.3 Å². The number of primary amides is 1. The molecule has 2 aromatic rings. The summed E-state index contributed by atoms with van der Waals surface area (Å²) in [7, 11) is 0. The van der Waals surface area contributed by atoms with Gasteiger partial charge in [-0.3, -0.25) is 9.59 Å². The van der Waals surface area contributed by atoms with Gasteiger partial charge >= 0.3 is 0 Å². The Balaban J connectivity index is 1.66. The van der Waals surface area contributed by atoms with E-state index in [1.807, 2.05) is 31.2 Å². The topological polar surface area (TPSA) is 92.1 Å². The fourth-order valence-electron chi connectivity index (χ4n) is 2.87. The molecular formula is C16H20N4O2S. The predicted molar refractivity (Wildman–Crippen MR) is 89.9 cm³/mol. The molecule has 2 heterocycles. The third-order valence-corrected chi connectivity index (χ3v) is 5.11. The van der Waals surface area contributed by atoms with Gasteiger partial charge in [-0.25, -0.2) is 4.98 Å². The number of benzene rings is 1. The van der Waals surface area contributed by atoms with Crippen LogP contribution in [0.2, 0.25) is 0 Å². The molecule has 0 saturated carbocycles. The number of likely N-dealkylation sites (tertiary alicyclic amines) is 1. The summed E-state index contributed by atoms with van der Waals surface area (Å²) in [5.41, 5.74) is 7.23. The van der Waals surface area contributed by atoms with Gasteiger partial charge in [-0.1, -0.05) is 23.9 Å². The average molecular weight is 332 g/mol. The Morgan fingerprint density at radius 1 is 1.43 bits per heavy atom. The van der Waals surface area contributed by atoms with E-state index in [0.29, 0.717) is 13.1 Å². The number of imidazole rings is 1. The number of aromatic amines is 1. The van der Waals surface area contributed by atoms with Gasteiger partial charge in [0.25, 0.3) is 0 Å². The van der Waals surface area contributed by atoms with Gasteiger partial charge in [0.1, 0.15) is 0 Å². The van der Waals surface area contributed by atoms with E-state index in [1.165, 1.54) is 11.8 Å². The number of nitrogens with two attached hydrogens (primary N) is 1. The normalized spacial score (nSPS) is 19.7. The minimum atomic E-state index is -0.319. The molecule has 0 aliphatic carbocycles. The summed E-state index contributed by atoms with van der Waals surface area (Å²) in [6.07, 6.45) is 1.59. The fourth-order valence-corrected chi connectivity index (χ4v) is 3.77. The lowest BCUT2D eigenvalue weighted by molar-refractivity contribution is -0.134. The highest BCUT2D eigenvalue weighted by molar-refractivity contribution is 8.00. The zero-order valence-corrected chi connectivity index (χ0v) is 13.8. The Morgan fingerprint density at radius 3 is 2.96 bits per heavy atom. The van der Waals surface area contributed by atoms with Gasteiger partial charge in [0.2, 0.25) is 11.8 Å². The Hall–Kier alpha value is -2.02. The standard InChI is InChI=1S/C16H20N4O2S/c1-10(15(22)20-8-4-5-11(9-20)14(17)21)23-16-18-12-6-2-3-7-13(12)19-16/h2-3,6-7,10-11H,4-5,8-9H2,1H3,(H2,17,21)(H,18,19). The van der Waals surface area contributed by atoms with Crippen LogP contribution < -0.4 is 5.73 Å². The minimum absolute atomic E-state index is 0.0291. The quantitative estimate of drug-likeness (QED) is 0.835. The minimum Gasteiger partial charge on any atom is -0.369 e. The lowest BCUT2D eigenvalue weighted by atomic mass is 9.97. The van der Waals surface area contributed by atoms with Crippen LogP contribution >= 0.6 is 11.8 Å². The maximum absolute atomic E-state index is 12.6. The number of amides is 2. The summed E-state index contributed by atoms with van der Waals surface area (Å²) < 4.78 is 0. The third-order valence-electron chi connectivity index (χ3n) is 4.14. The summed E-state index contributed by atoms with van der Waals surface area (Å²) in [6.45, 7) is 2.99. The van der Waals surface area contributed by atoms with Crippen molar-refractivity contribution >= 4 is 34.6 Å². The number of hydrogen-bond acceptors (Lipinski definition) is 4. The molecule has 1 fully saturated rings. The summed E-state index contributed by atoms with van der Waals surface area (Å²) >= 11 is 1.41. The van der Waals surface area contributed by atoms with Gasteiger partial charge in [-0.15, -0.1) is 0 Å². The number of nitrogens with zero attached hydrogens (tertiary/aromatic N) is 2. The van der Waals surface area contributed by atoms with E-state index in [-0.39, 0.29) is 23.0 Å². The van der Waals surface area contributed by atoms with Crippen LogP contribution in [0.3, 0.4) is 0 Å². The molecule has 0 spiro atoms. The number of carbonyl (C=O) groups excluding carboxylic acids is 2. The Labute approximate surface area is 138 Å². The smallest absolute Gasteiger partial charge is 0.235 e. The van der Waals surface area contributed by atoms with Crippen molar-refractivity contribution in [3.63, 3.8) is 0 Å². The number of thioether (sulfide) groups is 1. The van der Waals surface area contributed by atoms with E-state index in [4.69, 9.17) is 5.73 Å². The highest BCUT2D eigenvalue weighted by Gasteiger charge is 2.30. The van der Waals surface area contributed by atoms with E-state index in [1.54, 1.807) is 4.90 Å². The van der Waals surface area contributed by atoms with Crippen molar-refractivity contribution in [1.82, 2.24) is 14.9 Å². The molecule has 2 amide bonds. The van der Waals surface area contributed by atoms with E-state index in [0.717, 1.165) is 29.0 Å². The highest BCUT2D eigenvalue weighted by Crippen LogP contribution is 2.26. The second-order valence-electron chi connectivity index (χ2n) is 5.84. The van der Waals surface area contributed by atoms with Gasteiger partial charge in [0.15, 0.2) is 5.16 Å². The first-order valence-corrected chi connectivity index (χ1v) is 8.62. The molecule has 1 aliphatic heterocycles. The second kappa shape index (κ2) is 6.62. The molecule has 1 aromatic heterocycles. The molecule has 7 heteroatoms. The van der Waals surface area contributed by atoms with Crippen LogP contribution in [0, 0.1) is 5.92 Å². The van der Waals surface area contributed by atoms with Crippen molar-refractivity contribution in [2.24, 2.45) is 11.7 Å². The Bertz CT molecular complexity index is 697. The van der Waals surface area contributed by atoms with Gasteiger partial charge in [-0.05, 0) is 31.9 Å². The molecule has 6 nitrogen and oxygen atoms in total. The van der Waals surface area contributed by atoms with Gasteiger partial charge in [-0.2, -0.15) is 0 Å². The van der Waals surface area contributed by atoms with E-state index in [2.05, 4.69) is 9.97 Å². The monoisotopic (exact) mass is 332 g/mol. The van der Waals surface area contributed by atoms with E-state index >= 15 is 0 Å². The van der Waals surface area contributed by atoms with Crippen LogP contribution in [0.1, 0.15) is 19.8 Å². The van der Waals surface area contributed by atoms with E-state index < -0.39 is 0 Å². The molecule has 3 rings (SSSR count). The molecule has 1 aromatic carbocycles. The summed E-state index contributed by atoms with van der Waals surface area (Å²) in [4.78, 5) is 33.4. The van der Waals surface area contributed by atoms with Crippen LogP contribution in [0.5, 0.6) is 0 Å². The number of nitrogens with one attached hydrogen (secondary N) is 1. The summed E-state index contributed by atoms with van der Waals surface area (Å²) in [5, 5.41) is 0.470. The van der Waals surface area contributed by atoms with Crippen LogP contribution in [0.25, 0.3) is 11.0 Å². The largest absolute Gasteiger partial charge is 0.369 e. The van der Waals surface area contributed by atoms with Crippen molar-refractivity contribution in [3.8, 4) is 0 Å². The van der Waals surface area contributed by atoms with Crippen molar-refractivity contribution in [2.45, 2.75) is 30.2 Å². The second-order valence-corrected chi connectivity index (χ2v) is 7.17. The number of carbonyl (C=O) groups is 2. The first-order chi connectivity index (χ1) is 11.0. The number of H-pyrrole nitrogens is 1. The number of para-hydroxylation sites is 2. The zero-order chi connectivity index (χ0) is 16.4. The number of hydrogen-bond donors (Lipinski definition) is 2. The van der Waals surface area contributed by atoms with Crippen molar-refractivity contribution in [1.29, 1.82) is 0 Å². The molecular weight excluding hydrogens is 312 g/mol. The molecule has 2 unspecified atom stereocenters. The Morgan fingerprint density at radius 2 is 2.22 bits per heavy atom. The maximum atomic E-state index is 12.6. The summed E-state index contributed by atoms with van der Waals surface area (Å²) in [6, 6.07) is 7.77. The lowest BCUT2D eigenvalue weighted by Crippen LogP contribution is -2.46. The van der Waals surface area contributed by atoms with Crippen LogP contribution in [0.4, 0.5) is 0 Å². The fraction of sp³-hybridized carbons (Fsp3) is 0.438. The molecule has 122 valence electrons. The maximum Gasteiger partial charge on any atom is 0.235 e. The Kier molecular flexibility index (Phi) is 4.56. The lowest BCUT2D eigenvalue weighted by Gasteiger charge is -2.32. The first-order valence-electron chi connectivity index (χ1n) is 7.74. The molecule has 2 atom stereocenters. The SMILES string of the molecule is CC(Sc1nc2ccccc2[nH]1)C(=O)N1CCCC(C(N)=O)C1. The van der Waals surface area contributed by atoms with Gasteiger partial charge in [0.05, 0.1) is 22.2 Å². The van der Waals surface area contributed by atoms with Crippen LogP contribution in [0.15, 0.2) is 29.4 Å². The molecule has 23 heavy (non-hydrogen) atoms. The molecule has 3 N–H and O–H groups in total. The van der Waals surface area contributed by atoms with Gasteiger partial charge < -0.3 is 15.6 Å². The number of piperidine rings is 1. The highest BCUT2D eigenvalue weighted by atomic mass is 32.2. The number of fused-ring (bicyclic) bond motifs is 1. The first kappa shape index (κ1) is 15.9. The molecule has 1 aliphatic rings. The van der Waals surface area contributed by atoms with Crippen molar-refractivity contribution in [2.75, 3.05) is 13.1 Å².